The summed E-state index contributed by atoms with van der Waals surface area (Å²) < 4.78 is 0. The van der Waals surface area contributed by atoms with Gasteiger partial charge in [0.25, 0.3) is 0 Å². The van der Waals surface area contributed by atoms with Crippen molar-refractivity contribution in [2.75, 3.05) is 0 Å². The zero-order valence-corrected chi connectivity index (χ0v) is 8.06. The molecule has 0 saturated heterocycles. The molecule has 0 fully saturated rings. The smallest absolute Gasteiger partial charge is 0.0283 e. The molecular formula is C9H13Br. The Bertz CT molecular complexity index is 146. The summed E-state index contributed by atoms with van der Waals surface area (Å²) >= 11 is 3.36. The summed E-state index contributed by atoms with van der Waals surface area (Å²) in [7, 11) is 0. The van der Waals surface area contributed by atoms with Crippen molar-refractivity contribution in [3.63, 3.8) is 0 Å². The van der Waals surface area contributed by atoms with E-state index >= 15 is 0 Å². The SMILES string of the molecule is BrCc1ccccc1.CC. The number of alkyl halides is 1. The number of halogens is 1. The summed E-state index contributed by atoms with van der Waals surface area (Å²) in [6, 6.07) is 10.3. The molecule has 10 heavy (non-hydrogen) atoms. The Morgan fingerprint density at radius 1 is 1.10 bits per heavy atom. The van der Waals surface area contributed by atoms with Crippen LogP contribution in [0.4, 0.5) is 0 Å². The first-order valence-electron chi connectivity index (χ1n) is 3.53. The Kier molecular flexibility index (Phi) is 6.61. The van der Waals surface area contributed by atoms with Gasteiger partial charge < -0.3 is 0 Å². The predicted octanol–water partition coefficient (Wildman–Crippen LogP) is 3.61. The minimum atomic E-state index is 0.952. The van der Waals surface area contributed by atoms with Gasteiger partial charge in [0.1, 0.15) is 0 Å². The highest BCUT2D eigenvalue weighted by atomic mass is 79.9. The molecule has 0 saturated carbocycles. The van der Waals surface area contributed by atoms with E-state index in [1.54, 1.807) is 0 Å². The van der Waals surface area contributed by atoms with E-state index in [-0.39, 0.29) is 0 Å². The summed E-state index contributed by atoms with van der Waals surface area (Å²) in [6.07, 6.45) is 0. The van der Waals surface area contributed by atoms with Crippen LogP contribution in [-0.4, -0.2) is 0 Å². The topological polar surface area (TPSA) is 0 Å². The molecule has 0 radical (unpaired) electrons. The molecule has 1 aromatic carbocycles. The summed E-state index contributed by atoms with van der Waals surface area (Å²) in [5.41, 5.74) is 1.33. The minimum absolute atomic E-state index is 0.952. The van der Waals surface area contributed by atoms with Crippen LogP contribution < -0.4 is 0 Å². The fourth-order valence-corrected chi connectivity index (χ4v) is 0.941. The average Bonchev–Trinajstić information content (AvgIpc) is 2.10. The van der Waals surface area contributed by atoms with Crippen LogP contribution in [0.1, 0.15) is 19.4 Å². The van der Waals surface area contributed by atoms with Crippen molar-refractivity contribution in [1.82, 2.24) is 0 Å². The van der Waals surface area contributed by atoms with Crippen molar-refractivity contribution in [3.8, 4) is 0 Å². The van der Waals surface area contributed by atoms with Crippen molar-refractivity contribution in [1.29, 1.82) is 0 Å². The van der Waals surface area contributed by atoms with Crippen LogP contribution in [0.15, 0.2) is 30.3 Å². The summed E-state index contributed by atoms with van der Waals surface area (Å²) in [6.45, 7) is 4.00. The first kappa shape index (κ1) is 9.70. The first-order valence-corrected chi connectivity index (χ1v) is 4.65. The van der Waals surface area contributed by atoms with Crippen molar-refractivity contribution >= 4 is 15.9 Å². The van der Waals surface area contributed by atoms with Gasteiger partial charge in [-0.05, 0) is 5.56 Å². The molecule has 0 heterocycles. The van der Waals surface area contributed by atoms with Crippen LogP contribution in [0.25, 0.3) is 0 Å². The molecule has 0 spiro atoms. The number of hydrogen-bond acceptors (Lipinski definition) is 0. The molecule has 0 atom stereocenters. The van der Waals surface area contributed by atoms with Gasteiger partial charge in [-0.1, -0.05) is 60.1 Å². The molecular weight excluding hydrogens is 188 g/mol. The van der Waals surface area contributed by atoms with E-state index < -0.39 is 0 Å². The van der Waals surface area contributed by atoms with Gasteiger partial charge >= 0.3 is 0 Å². The Hall–Kier alpha value is -0.300. The van der Waals surface area contributed by atoms with Crippen LogP contribution >= 0.6 is 15.9 Å². The summed E-state index contributed by atoms with van der Waals surface area (Å²) in [5.74, 6) is 0. The standard InChI is InChI=1S/C7H7Br.C2H6/c8-6-7-4-2-1-3-5-7;1-2/h1-5H,6H2;1-2H3. The molecule has 1 heteroatoms. The molecule has 0 nitrogen and oxygen atoms in total. The fourth-order valence-electron chi connectivity index (χ4n) is 0.567. The van der Waals surface area contributed by atoms with Gasteiger partial charge in [0, 0.05) is 5.33 Å². The largest absolute Gasteiger partial charge is 0.0876 e. The Labute approximate surface area is 71.4 Å². The number of benzene rings is 1. The van der Waals surface area contributed by atoms with Crippen molar-refractivity contribution in [2.24, 2.45) is 0 Å². The second-order valence-electron chi connectivity index (χ2n) is 1.62. The lowest BCUT2D eigenvalue weighted by atomic mass is 10.2. The molecule has 1 rings (SSSR count). The van der Waals surface area contributed by atoms with E-state index in [2.05, 4.69) is 28.1 Å². The highest BCUT2D eigenvalue weighted by Gasteiger charge is 1.81. The molecule has 0 aromatic heterocycles. The Morgan fingerprint density at radius 3 is 1.90 bits per heavy atom. The lowest BCUT2D eigenvalue weighted by Gasteiger charge is -1.88. The average molecular weight is 201 g/mol. The van der Waals surface area contributed by atoms with Crippen LogP contribution in [0.3, 0.4) is 0 Å². The van der Waals surface area contributed by atoms with E-state index in [0.717, 1.165) is 5.33 Å². The van der Waals surface area contributed by atoms with Crippen LogP contribution in [-0.2, 0) is 5.33 Å². The Morgan fingerprint density at radius 2 is 1.60 bits per heavy atom. The molecule has 0 unspecified atom stereocenters. The molecule has 56 valence electrons. The van der Waals surface area contributed by atoms with Crippen LogP contribution in [0.2, 0.25) is 0 Å². The van der Waals surface area contributed by atoms with Gasteiger partial charge in [-0.25, -0.2) is 0 Å². The lowest BCUT2D eigenvalue weighted by molar-refractivity contribution is 1.44. The molecule has 1 aromatic rings. The van der Waals surface area contributed by atoms with Crippen LogP contribution in [0.5, 0.6) is 0 Å². The number of hydrogen-bond donors (Lipinski definition) is 0. The monoisotopic (exact) mass is 200 g/mol. The molecule has 0 aliphatic rings. The maximum Gasteiger partial charge on any atom is 0.0283 e. The second kappa shape index (κ2) is 6.81. The maximum atomic E-state index is 3.36. The van der Waals surface area contributed by atoms with Crippen molar-refractivity contribution in [2.45, 2.75) is 19.2 Å². The summed E-state index contributed by atoms with van der Waals surface area (Å²) in [5, 5.41) is 0.952. The van der Waals surface area contributed by atoms with Gasteiger partial charge in [-0.15, -0.1) is 0 Å². The highest BCUT2D eigenvalue weighted by molar-refractivity contribution is 9.08. The molecule has 0 N–H and O–H groups in total. The quantitative estimate of drug-likeness (QED) is 0.609. The third kappa shape index (κ3) is 3.67. The third-order valence-electron chi connectivity index (χ3n) is 0.997. The van der Waals surface area contributed by atoms with Gasteiger partial charge in [0.15, 0.2) is 0 Å². The molecule has 0 amide bonds. The van der Waals surface area contributed by atoms with E-state index in [9.17, 15) is 0 Å². The minimum Gasteiger partial charge on any atom is -0.0876 e. The maximum absolute atomic E-state index is 3.36. The van der Waals surface area contributed by atoms with E-state index in [1.807, 2.05) is 32.0 Å². The van der Waals surface area contributed by atoms with Crippen LogP contribution in [0, 0.1) is 0 Å². The van der Waals surface area contributed by atoms with Gasteiger partial charge in [0.2, 0.25) is 0 Å². The van der Waals surface area contributed by atoms with Crippen molar-refractivity contribution < 1.29 is 0 Å². The second-order valence-corrected chi connectivity index (χ2v) is 2.18. The van der Waals surface area contributed by atoms with Gasteiger partial charge in [0.05, 0.1) is 0 Å². The fraction of sp³-hybridized carbons (Fsp3) is 0.333. The van der Waals surface area contributed by atoms with E-state index in [1.165, 1.54) is 5.56 Å². The zero-order valence-electron chi connectivity index (χ0n) is 6.47. The molecule has 0 aliphatic carbocycles. The Balaban J connectivity index is 0.000000371. The normalized spacial score (nSPS) is 7.90. The molecule has 0 bridgehead atoms. The first-order chi connectivity index (χ1) is 4.93. The van der Waals surface area contributed by atoms with E-state index in [0.29, 0.717) is 0 Å². The number of rotatable bonds is 1. The highest BCUT2D eigenvalue weighted by Crippen LogP contribution is 2.02. The van der Waals surface area contributed by atoms with Gasteiger partial charge in [-0.3, -0.25) is 0 Å². The molecule has 0 aliphatic heterocycles. The lowest BCUT2D eigenvalue weighted by Crippen LogP contribution is -1.70. The third-order valence-corrected chi connectivity index (χ3v) is 1.64. The van der Waals surface area contributed by atoms with E-state index in [4.69, 9.17) is 0 Å². The van der Waals surface area contributed by atoms with Gasteiger partial charge in [-0.2, -0.15) is 0 Å². The zero-order chi connectivity index (χ0) is 7.82. The predicted molar refractivity (Wildman–Crippen MR) is 50.4 cm³/mol. The summed E-state index contributed by atoms with van der Waals surface area (Å²) in [4.78, 5) is 0. The van der Waals surface area contributed by atoms with Crippen molar-refractivity contribution in [3.05, 3.63) is 35.9 Å².